The molecule has 1 atom stereocenters. The molecule has 1 aliphatic rings. The van der Waals surface area contributed by atoms with Crippen LogP contribution in [0.25, 0.3) is 0 Å². The van der Waals surface area contributed by atoms with Gasteiger partial charge in [-0.15, -0.1) is 11.3 Å². The number of anilines is 1. The summed E-state index contributed by atoms with van der Waals surface area (Å²) in [6, 6.07) is 10.1. The molecule has 3 rings (SSSR count). The predicted octanol–water partition coefficient (Wildman–Crippen LogP) is 5.53. The Balaban J connectivity index is 1.87. The molecule has 0 amide bonds. The Morgan fingerprint density at radius 1 is 1.40 bits per heavy atom. The first kappa shape index (κ1) is 13.9. The standard InChI is InChI=1S/C15H12BrClN2S/c16-11-6-9(8-18)4-5-13(11)19-12-2-1-3-14-10(12)7-15(17)20-14/h4-7,12,19H,1-3H2. The molecule has 0 bridgehead atoms. The van der Waals surface area contributed by atoms with Crippen molar-refractivity contribution in [3.8, 4) is 6.07 Å². The SMILES string of the molecule is N#Cc1ccc(NC2CCCc3sc(Cl)cc32)c(Br)c1. The van der Waals surface area contributed by atoms with E-state index < -0.39 is 0 Å². The van der Waals surface area contributed by atoms with Gasteiger partial charge in [-0.1, -0.05) is 11.6 Å². The van der Waals surface area contributed by atoms with E-state index in [0.717, 1.165) is 27.3 Å². The highest BCUT2D eigenvalue weighted by molar-refractivity contribution is 9.10. The van der Waals surface area contributed by atoms with Crippen LogP contribution in [0.4, 0.5) is 5.69 Å². The summed E-state index contributed by atoms with van der Waals surface area (Å²) in [5.41, 5.74) is 3.00. The van der Waals surface area contributed by atoms with Crippen molar-refractivity contribution in [2.24, 2.45) is 0 Å². The first-order valence-corrected chi connectivity index (χ1v) is 8.40. The molecule has 20 heavy (non-hydrogen) atoms. The van der Waals surface area contributed by atoms with E-state index in [-0.39, 0.29) is 0 Å². The van der Waals surface area contributed by atoms with E-state index in [1.807, 2.05) is 18.2 Å². The molecule has 1 N–H and O–H groups in total. The summed E-state index contributed by atoms with van der Waals surface area (Å²) in [7, 11) is 0. The monoisotopic (exact) mass is 366 g/mol. The maximum atomic E-state index is 8.90. The van der Waals surface area contributed by atoms with Crippen LogP contribution in [0.3, 0.4) is 0 Å². The fourth-order valence-corrected chi connectivity index (χ4v) is 4.44. The van der Waals surface area contributed by atoms with Crippen molar-refractivity contribution in [2.75, 3.05) is 5.32 Å². The topological polar surface area (TPSA) is 35.8 Å². The summed E-state index contributed by atoms with van der Waals surface area (Å²) < 4.78 is 1.78. The molecule has 5 heteroatoms. The number of benzene rings is 1. The maximum Gasteiger partial charge on any atom is 0.0992 e. The number of rotatable bonds is 2. The molecule has 0 spiro atoms. The third-order valence-electron chi connectivity index (χ3n) is 3.51. The lowest BCUT2D eigenvalue weighted by Gasteiger charge is -2.25. The summed E-state index contributed by atoms with van der Waals surface area (Å²) >= 11 is 11.3. The summed E-state index contributed by atoms with van der Waals surface area (Å²) in [6.07, 6.45) is 3.40. The highest BCUT2D eigenvalue weighted by Crippen LogP contribution is 2.40. The summed E-state index contributed by atoms with van der Waals surface area (Å²) in [5.74, 6) is 0. The molecule has 0 radical (unpaired) electrons. The van der Waals surface area contributed by atoms with Crippen LogP contribution < -0.4 is 5.32 Å². The van der Waals surface area contributed by atoms with Crippen LogP contribution in [0.15, 0.2) is 28.7 Å². The number of nitrogens with one attached hydrogen (secondary N) is 1. The second-order valence-electron chi connectivity index (χ2n) is 4.82. The zero-order chi connectivity index (χ0) is 14.1. The number of nitriles is 1. The highest BCUT2D eigenvalue weighted by Gasteiger charge is 2.23. The van der Waals surface area contributed by atoms with Crippen molar-refractivity contribution < 1.29 is 0 Å². The van der Waals surface area contributed by atoms with Crippen LogP contribution >= 0.6 is 38.9 Å². The van der Waals surface area contributed by atoms with Crippen molar-refractivity contribution in [2.45, 2.75) is 25.3 Å². The van der Waals surface area contributed by atoms with Gasteiger partial charge in [0, 0.05) is 15.0 Å². The van der Waals surface area contributed by atoms with Gasteiger partial charge in [-0.25, -0.2) is 0 Å². The van der Waals surface area contributed by atoms with Crippen molar-refractivity contribution >= 4 is 44.6 Å². The highest BCUT2D eigenvalue weighted by atomic mass is 79.9. The summed E-state index contributed by atoms with van der Waals surface area (Å²) in [4.78, 5) is 1.39. The number of nitrogens with zero attached hydrogens (tertiary/aromatic N) is 1. The minimum absolute atomic E-state index is 0.298. The Hall–Kier alpha value is -1.02. The molecule has 0 saturated carbocycles. The fourth-order valence-electron chi connectivity index (χ4n) is 2.56. The number of hydrogen-bond donors (Lipinski definition) is 1. The average Bonchev–Trinajstić information content (AvgIpc) is 2.82. The van der Waals surface area contributed by atoms with Crippen molar-refractivity contribution in [1.82, 2.24) is 0 Å². The van der Waals surface area contributed by atoms with Crippen LogP contribution in [-0.4, -0.2) is 0 Å². The van der Waals surface area contributed by atoms with Crippen molar-refractivity contribution in [1.29, 1.82) is 5.26 Å². The number of hydrogen-bond acceptors (Lipinski definition) is 3. The molecular weight excluding hydrogens is 356 g/mol. The van der Waals surface area contributed by atoms with E-state index in [1.54, 1.807) is 11.3 Å². The molecule has 1 unspecified atom stereocenters. The lowest BCUT2D eigenvalue weighted by molar-refractivity contribution is 0.608. The molecule has 0 saturated heterocycles. The van der Waals surface area contributed by atoms with Crippen LogP contribution in [0.1, 0.15) is 34.9 Å². The number of aryl methyl sites for hydroxylation is 1. The predicted molar refractivity (Wildman–Crippen MR) is 87.5 cm³/mol. The molecule has 0 fully saturated rings. The summed E-state index contributed by atoms with van der Waals surface area (Å²) in [5, 5.41) is 12.5. The quantitative estimate of drug-likeness (QED) is 0.758. The van der Waals surface area contributed by atoms with Crippen molar-refractivity contribution in [3.63, 3.8) is 0 Å². The summed E-state index contributed by atoms with van der Waals surface area (Å²) in [6.45, 7) is 0. The van der Waals surface area contributed by atoms with Gasteiger partial charge in [0.1, 0.15) is 0 Å². The third kappa shape index (κ3) is 2.71. The van der Waals surface area contributed by atoms with Gasteiger partial charge in [0.05, 0.1) is 22.0 Å². The van der Waals surface area contributed by atoms with E-state index >= 15 is 0 Å². The number of thiophene rings is 1. The zero-order valence-electron chi connectivity index (χ0n) is 10.6. The smallest absolute Gasteiger partial charge is 0.0992 e. The molecule has 1 aliphatic carbocycles. The Bertz CT molecular complexity index is 690. The van der Waals surface area contributed by atoms with Crippen LogP contribution in [0.2, 0.25) is 4.34 Å². The molecule has 1 heterocycles. The molecule has 0 aliphatic heterocycles. The normalized spacial score (nSPS) is 17.4. The van der Waals surface area contributed by atoms with E-state index in [4.69, 9.17) is 16.9 Å². The lowest BCUT2D eigenvalue weighted by Crippen LogP contribution is -2.15. The molecule has 1 aromatic heterocycles. The zero-order valence-corrected chi connectivity index (χ0v) is 13.8. The van der Waals surface area contributed by atoms with E-state index in [0.29, 0.717) is 11.6 Å². The Kier molecular flexibility index (Phi) is 4.02. The van der Waals surface area contributed by atoms with Crippen LogP contribution in [0.5, 0.6) is 0 Å². The largest absolute Gasteiger partial charge is 0.377 e. The minimum atomic E-state index is 0.298. The Labute approximate surface area is 135 Å². The lowest BCUT2D eigenvalue weighted by atomic mass is 9.94. The maximum absolute atomic E-state index is 8.90. The third-order valence-corrected chi connectivity index (χ3v) is 5.51. The van der Waals surface area contributed by atoms with Gasteiger partial charge in [0.2, 0.25) is 0 Å². The van der Waals surface area contributed by atoms with Gasteiger partial charge < -0.3 is 5.32 Å². The van der Waals surface area contributed by atoms with Crippen LogP contribution in [-0.2, 0) is 6.42 Å². The minimum Gasteiger partial charge on any atom is -0.377 e. The first-order chi connectivity index (χ1) is 9.67. The molecular formula is C15H12BrClN2S. The fraction of sp³-hybridized carbons (Fsp3) is 0.267. The van der Waals surface area contributed by atoms with Gasteiger partial charge in [-0.2, -0.15) is 5.26 Å². The Morgan fingerprint density at radius 3 is 3.00 bits per heavy atom. The van der Waals surface area contributed by atoms with E-state index in [9.17, 15) is 0 Å². The molecule has 2 aromatic rings. The van der Waals surface area contributed by atoms with Gasteiger partial charge in [-0.3, -0.25) is 0 Å². The van der Waals surface area contributed by atoms with Gasteiger partial charge >= 0.3 is 0 Å². The molecule has 2 nitrogen and oxygen atoms in total. The van der Waals surface area contributed by atoms with Gasteiger partial charge in [0.25, 0.3) is 0 Å². The van der Waals surface area contributed by atoms with E-state index in [2.05, 4.69) is 33.4 Å². The first-order valence-electron chi connectivity index (χ1n) is 6.41. The number of fused-ring (bicyclic) bond motifs is 1. The second-order valence-corrected chi connectivity index (χ2v) is 7.45. The van der Waals surface area contributed by atoms with Crippen LogP contribution in [0, 0.1) is 11.3 Å². The number of halogens is 2. The Morgan fingerprint density at radius 2 is 2.25 bits per heavy atom. The van der Waals surface area contributed by atoms with Gasteiger partial charge in [-0.05, 0) is 65.0 Å². The van der Waals surface area contributed by atoms with Crippen molar-refractivity contribution in [3.05, 3.63) is 49.1 Å². The van der Waals surface area contributed by atoms with E-state index in [1.165, 1.54) is 16.9 Å². The van der Waals surface area contributed by atoms with Gasteiger partial charge in [0.15, 0.2) is 0 Å². The average molecular weight is 368 g/mol. The molecule has 1 aromatic carbocycles. The molecule has 102 valence electrons. The second kappa shape index (κ2) is 5.77.